The van der Waals surface area contributed by atoms with Gasteiger partial charge in [0.15, 0.2) is 0 Å². The second-order valence-corrected chi connectivity index (χ2v) is 3.73. The van der Waals surface area contributed by atoms with E-state index in [1.165, 1.54) is 0 Å². The molecule has 2 saturated heterocycles. The minimum atomic E-state index is -2.56. The van der Waals surface area contributed by atoms with E-state index in [2.05, 4.69) is 5.92 Å². The molecule has 2 fully saturated rings. The van der Waals surface area contributed by atoms with E-state index in [4.69, 9.17) is 6.42 Å². The Bertz CT molecular complexity index is 243. The molecule has 2 heterocycles. The molecule has 0 bridgehead atoms. The average molecular weight is 171 g/mol. The summed E-state index contributed by atoms with van der Waals surface area (Å²) in [5, 5.41) is 0. The third-order valence-electron chi connectivity index (χ3n) is 2.87. The van der Waals surface area contributed by atoms with Crippen LogP contribution in [0.2, 0.25) is 0 Å². The van der Waals surface area contributed by atoms with E-state index in [0.717, 1.165) is 19.4 Å². The summed E-state index contributed by atoms with van der Waals surface area (Å²) in [6, 6.07) is 0. The molecule has 0 N–H and O–H groups in total. The fourth-order valence-corrected chi connectivity index (χ4v) is 2.34. The van der Waals surface area contributed by atoms with Crippen LogP contribution in [0.15, 0.2) is 0 Å². The Hall–Kier alpha value is -0.620. The van der Waals surface area contributed by atoms with Gasteiger partial charge in [-0.25, -0.2) is 8.78 Å². The predicted molar refractivity (Wildman–Crippen MR) is 41.9 cm³/mol. The predicted octanol–water partition coefficient (Wildman–Crippen LogP) is 1.49. The maximum atomic E-state index is 13.0. The highest BCUT2D eigenvalue weighted by atomic mass is 19.3. The summed E-state index contributed by atoms with van der Waals surface area (Å²) < 4.78 is 25.9. The third kappa shape index (κ3) is 0.947. The van der Waals surface area contributed by atoms with Crippen molar-refractivity contribution in [3.05, 3.63) is 0 Å². The number of hydrogen-bond acceptors (Lipinski definition) is 1. The van der Waals surface area contributed by atoms with Gasteiger partial charge in [-0.05, 0) is 19.4 Å². The molecule has 0 aliphatic carbocycles. The fraction of sp³-hybridized carbons (Fsp3) is 0.778. The number of hydrogen-bond donors (Lipinski definition) is 0. The standard InChI is InChI=1S/C9H11F2N/c1-2-8-4-3-5-12(8)7-9(10,11)6-8/h1H,3-7H2. The van der Waals surface area contributed by atoms with Gasteiger partial charge in [-0.2, -0.15) is 0 Å². The number of halogens is 2. The molecular formula is C9H11F2N. The molecule has 0 aromatic rings. The highest BCUT2D eigenvalue weighted by Crippen LogP contribution is 2.45. The zero-order valence-corrected chi connectivity index (χ0v) is 6.82. The Morgan fingerprint density at radius 2 is 2.17 bits per heavy atom. The normalized spacial score (nSPS) is 39.4. The number of alkyl halides is 2. The average Bonchev–Trinajstić information content (AvgIpc) is 2.40. The number of fused-ring (bicyclic) bond motifs is 1. The van der Waals surface area contributed by atoms with Crippen molar-refractivity contribution >= 4 is 0 Å². The fourth-order valence-electron chi connectivity index (χ4n) is 2.34. The summed E-state index contributed by atoms with van der Waals surface area (Å²) in [5.74, 6) is -0.0218. The number of terminal acetylenes is 1. The van der Waals surface area contributed by atoms with Crippen LogP contribution < -0.4 is 0 Å². The minimum Gasteiger partial charge on any atom is -0.281 e. The van der Waals surface area contributed by atoms with Crippen molar-refractivity contribution in [3.63, 3.8) is 0 Å². The van der Waals surface area contributed by atoms with Gasteiger partial charge in [-0.1, -0.05) is 5.92 Å². The first-order valence-electron chi connectivity index (χ1n) is 4.19. The van der Waals surface area contributed by atoms with E-state index < -0.39 is 11.5 Å². The third-order valence-corrected chi connectivity index (χ3v) is 2.87. The van der Waals surface area contributed by atoms with Gasteiger partial charge in [0, 0.05) is 6.42 Å². The van der Waals surface area contributed by atoms with Crippen LogP contribution in [-0.2, 0) is 0 Å². The highest BCUT2D eigenvalue weighted by Gasteiger charge is 2.55. The molecule has 1 atom stereocenters. The van der Waals surface area contributed by atoms with Crippen molar-refractivity contribution in [2.75, 3.05) is 13.1 Å². The molecule has 0 spiro atoms. The molecule has 0 saturated carbocycles. The summed E-state index contributed by atoms with van der Waals surface area (Å²) in [7, 11) is 0. The highest BCUT2D eigenvalue weighted by molar-refractivity contribution is 5.21. The SMILES string of the molecule is C#CC12CCCN1CC(F)(F)C2. The van der Waals surface area contributed by atoms with Crippen LogP contribution in [0.4, 0.5) is 8.78 Å². The van der Waals surface area contributed by atoms with Gasteiger partial charge in [0.2, 0.25) is 0 Å². The van der Waals surface area contributed by atoms with E-state index in [9.17, 15) is 8.78 Å². The van der Waals surface area contributed by atoms with E-state index >= 15 is 0 Å². The van der Waals surface area contributed by atoms with Gasteiger partial charge in [-0.15, -0.1) is 6.42 Å². The zero-order chi connectivity index (χ0) is 8.82. The number of nitrogens with zero attached hydrogens (tertiary/aromatic N) is 1. The van der Waals surface area contributed by atoms with Crippen molar-refractivity contribution < 1.29 is 8.78 Å². The largest absolute Gasteiger partial charge is 0.281 e. The lowest BCUT2D eigenvalue weighted by atomic mass is 9.94. The van der Waals surface area contributed by atoms with Crippen LogP contribution in [0.25, 0.3) is 0 Å². The first-order chi connectivity index (χ1) is 5.58. The van der Waals surface area contributed by atoms with E-state index in [0.29, 0.717) is 0 Å². The Morgan fingerprint density at radius 3 is 2.75 bits per heavy atom. The molecule has 0 aromatic carbocycles. The van der Waals surface area contributed by atoms with Crippen LogP contribution in [0.1, 0.15) is 19.3 Å². The smallest absolute Gasteiger partial charge is 0.263 e. The number of rotatable bonds is 0. The second-order valence-electron chi connectivity index (χ2n) is 3.73. The molecule has 1 unspecified atom stereocenters. The van der Waals surface area contributed by atoms with Crippen molar-refractivity contribution in [1.29, 1.82) is 0 Å². The van der Waals surface area contributed by atoms with E-state index in [1.54, 1.807) is 4.90 Å². The van der Waals surface area contributed by atoms with E-state index in [1.807, 2.05) is 0 Å². The van der Waals surface area contributed by atoms with Crippen molar-refractivity contribution in [2.24, 2.45) is 0 Å². The topological polar surface area (TPSA) is 3.24 Å². The summed E-state index contributed by atoms with van der Waals surface area (Å²) in [6.07, 6.45) is 6.86. The molecule has 2 rings (SSSR count). The van der Waals surface area contributed by atoms with Gasteiger partial charge in [0.05, 0.1) is 12.1 Å². The van der Waals surface area contributed by atoms with Gasteiger partial charge in [0.1, 0.15) is 0 Å². The molecular weight excluding hydrogens is 160 g/mol. The molecule has 0 aromatic heterocycles. The Balaban J connectivity index is 2.27. The summed E-state index contributed by atoms with van der Waals surface area (Å²) in [4.78, 5) is 1.76. The monoisotopic (exact) mass is 171 g/mol. The van der Waals surface area contributed by atoms with Crippen LogP contribution in [0.5, 0.6) is 0 Å². The Morgan fingerprint density at radius 1 is 1.42 bits per heavy atom. The summed E-state index contributed by atoms with van der Waals surface area (Å²) in [5.41, 5.74) is -0.608. The molecule has 0 radical (unpaired) electrons. The lowest BCUT2D eigenvalue weighted by Gasteiger charge is -2.24. The maximum absolute atomic E-state index is 13.0. The minimum absolute atomic E-state index is 0.142. The Kier molecular flexibility index (Phi) is 1.47. The van der Waals surface area contributed by atoms with Crippen LogP contribution in [0.3, 0.4) is 0 Å². The van der Waals surface area contributed by atoms with E-state index in [-0.39, 0.29) is 13.0 Å². The van der Waals surface area contributed by atoms with Gasteiger partial charge < -0.3 is 0 Å². The molecule has 1 nitrogen and oxygen atoms in total. The van der Waals surface area contributed by atoms with Crippen LogP contribution >= 0.6 is 0 Å². The zero-order valence-electron chi connectivity index (χ0n) is 6.82. The molecule has 3 heteroatoms. The first kappa shape index (κ1) is 8.00. The van der Waals surface area contributed by atoms with Gasteiger partial charge in [-0.3, -0.25) is 4.90 Å². The summed E-state index contributed by atoms with van der Waals surface area (Å²) in [6.45, 7) is 0.594. The molecule has 2 aliphatic heterocycles. The molecule has 66 valence electrons. The van der Waals surface area contributed by atoms with Crippen molar-refractivity contribution in [2.45, 2.75) is 30.7 Å². The second kappa shape index (κ2) is 2.20. The Labute approximate surface area is 70.7 Å². The van der Waals surface area contributed by atoms with Crippen molar-refractivity contribution in [1.82, 2.24) is 4.90 Å². The molecule has 12 heavy (non-hydrogen) atoms. The lowest BCUT2D eigenvalue weighted by molar-refractivity contribution is 0.0104. The quantitative estimate of drug-likeness (QED) is 0.499. The first-order valence-corrected chi connectivity index (χ1v) is 4.19. The van der Waals surface area contributed by atoms with Crippen LogP contribution in [-0.4, -0.2) is 29.5 Å². The van der Waals surface area contributed by atoms with Gasteiger partial charge in [0.25, 0.3) is 5.92 Å². The maximum Gasteiger partial charge on any atom is 0.263 e. The summed E-state index contributed by atoms with van der Waals surface area (Å²) >= 11 is 0. The van der Waals surface area contributed by atoms with Gasteiger partial charge >= 0.3 is 0 Å². The lowest BCUT2D eigenvalue weighted by Crippen LogP contribution is -2.36. The molecule has 2 aliphatic rings. The van der Waals surface area contributed by atoms with Crippen LogP contribution in [0, 0.1) is 12.3 Å². The van der Waals surface area contributed by atoms with Crippen molar-refractivity contribution in [3.8, 4) is 12.3 Å². The molecule has 0 amide bonds.